The Labute approximate surface area is 234 Å². The van der Waals surface area contributed by atoms with Crippen molar-refractivity contribution < 1.29 is 33.3 Å². The van der Waals surface area contributed by atoms with Crippen LogP contribution in [0.15, 0.2) is 66.7 Å². The zero-order valence-electron chi connectivity index (χ0n) is 23.7. The molecule has 0 N–H and O–H groups in total. The van der Waals surface area contributed by atoms with Gasteiger partial charge in [0.05, 0.1) is 28.4 Å². The van der Waals surface area contributed by atoms with Crippen molar-refractivity contribution >= 4 is 23.4 Å². The molecule has 0 aromatic heterocycles. The van der Waals surface area contributed by atoms with E-state index in [0.717, 1.165) is 22.4 Å². The summed E-state index contributed by atoms with van der Waals surface area (Å²) in [5, 5.41) is 0. The fourth-order valence-electron chi connectivity index (χ4n) is 5.78. The minimum Gasteiger partial charge on any atom is -0.493 e. The molecule has 0 fully saturated rings. The Balaban J connectivity index is 2.00. The third-order valence-electron chi connectivity index (χ3n) is 7.85. The van der Waals surface area contributed by atoms with E-state index in [4.69, 9.17) is 18.9 Å². The molecular weight excluding hydrogens is 510 g/mol. The van der Waals surface area contributed by atoms with Crippen LogP contribution in [0.25, 0.3) is 0 Å². The summed E-state index contributed by atoms with van der Waals surface area (Å²) in [5.41, 5.74) is 2.04. The molecule has 0 bridgehead atoms. The smallest absolute Gasteiger partial charge is 0.323 e. The molecule has 40 heavy (non-hydrogen) atoms. The second kappa shape index (κ2) is 11.8. The Morgan fingerprint density at radius 1 is 0.800 bits per heavy atom. The van der Waals surface area contributed by atoms with Crippen molar-refractivity contribution in [2.75, 3.05) is 47.4 Å². The van der Waals surface area contributed by atoms with Crippen LogP contribution < -0.4 is 14.4 Å². The van der Waals surface area contributed by atoms with Crippen molar-refractivity contribution in [2.24, 2.45) is 5.41 Å². The highest BCUT2D eigenvalue weighted by Gasteiger charge is 2.59. The van der Waals surface area contributed by atoms with Crippen LogP contribution >= 0.6 is 0 Å². The quantitative estimate of drug-likeness (QED) is 0.211. The topological polar surface area (TPSA) is 91.4 Å². The number of fused-ring (bicyclic) bond motifs is 1. The van der Waals surface area contributed by atoms with Crippen molar-refractivity contribution in [3.05, 3.63) is 89.0 Å². The maximum atomic E-state index is 13.8. The standard InChI is InChI=1S/C32H35NO7/c1-33(2)22-13-14-23-24(17-22)26(18-27(34)20-10-8-7-9-11-20)32(30(35)39-5,31(36)40-6)19-25(23)21-12-15-28(37-3)29(16-21)38-4/h7-17,25-26H,18-19H2,1-6H3/t25-,26-/m1/s1. The molecule has 0 aliphatic heterocycles. The van der Waals surface area contributed by atoms with Crippen LogP contribution in [-0.2, 0) is 19.1 Å². The van der Waals surface area contributed by atoms with Gasteiger partial charge in [-0.05, 0) is 47.4 Å². The number of hydrogen-bond donors (Lipinski definition) is 0. The van der Waals surface area contributed by atoms with Gasteiger partial charge >= 0.3 is 11.9 Å². The Hall–Kier alpha value is -4.33. The third kappa shape index (κ3) is 5.01. The van der Waals surface area contributed by atoms with Gasteiger partial charge < -0.3 is 23.8 Å². The minimum absolute atomic E-state index is 0.0445. The first kappa shape index (κ1) is 28.7. The summed E-state index contributed by atoms with van der Waals surface area (Å²) in [5.74, 6) is -1.82. The largest absolute Gasteiger partial charge is 0.493 e. The summed E-state index contributed by atoms with van der Waals surface area (Å²) in [6, 6.07) is 20.3. The van der Waals surface area contributed by atoms with E-state index < -0.39 is 29.2 Å². The van der Waals surface area contributed by atoms with Crippen LogP contribution in [0.4, 0.5) is 5.69 Å². The summed E-state index contributed by atoms with van der Waals surface area (Å²) >= 11 is 0. The minimum atomic E-state index is -1.77. The molecule has 1 aliphatic rings. The number of hydrogen-bond acceptors (Lipinski definition) is 8. The molecule has 2 atom stereocenters. The van der Waals surface area contributed by atoms with Crippen LogP contribution in [0.1, 0.15) is 51.7 Å². The number of ether oxygens (including phenoxy) is 4. The summed E-state index contributed by atoms with van der Waals surface area (Å²) in [4.78, 5) is 43.1. The number of esters is 2. The number of carbonyl (C=O) groups is 3. The SMILES string of the molecule is COC(=O)C1(C(=O)OC)C[C@H](c2ccc(OC)c(OC)c2)c2ccc(N(C)C)cc2[C@H]1CC(=O)c1ccccc1. The molecule has 8 nitrogen and oxygen atoms in total. The lowest BCUT2D eigenvalue weighted by atomic mass is 9.57. The first-order valence-electron chi connectivity index (χ1n) is 13.0. The Kier molecular flexibility index (Phi) is 8.47. The fourth-order valence-corrected chi connectivity index (χ4v) is 5.78. The summed E-state index contributed by atoms with van der Waals surface area (Å²) < 4.78 is 21.6. The molecule has 1 aliphatic carbocycles. The second-order valence-electron chi connectivity index (χ2n) is 10.1. The molecule has 0 radical (unpaired) electrons. The van der Waals surface area contributed by atoms with Gasteiger partial charge in [-0.3, -0.25) is 14.4 Å². The van der Waals surface area contributed by atoms with Gasteiger partial charge in [-0.2, -0.15) is 0 Å². The molecule has 0 amide bonds. The predicted octanol–water partition coefficient (Wildman–Crippen LogP) is 4.99. The number of rotatable bonds is 9. The van der Waals surface area contributed by atoms with Crippen LogP contribution in [0, 0.1) is 5.41 Å². The van der Waals surface area contributed by atoms with E-state index in [-0.39, 0.29) is 18.6 Å². The first-order chi connectivity index (χ1) is 19.2. The number of nitrogens with zero attached hydrogens (tertiary/aromatic N) is 1. The summed E-state index contributed by atoms with van der Waals surface area (Å²) in [7, 11) is 9.44. The van der Waals surface area contributed by atoms with E-state index >= 15 is 0 Å². The average Bonchev–Trinajstić information content (AvgIpc) is 3.00. The van der Waals surface area contributed by atoms with Gasteiger partial charge in [0.25, 0.3) is 0 Å². The van der Waals surface area contributed by atoms with E-state index in [2.05, 4.69) is 0 Å². The number of ketones is 1. The van der Waals surface area contributed by atoms with Gasteiger partial charge in [0.1, 0.15) is 0 Å². The van der Waals surface area contributed by atoms with Crippen LogP contribution in [0.5, 0.6) is 11.5 Å². The van der Waals surface area contributed by atoms with E-state index in [1.807, 2.05) is 55.4 Å². The molecule has 4 rings (SSSR count). The van der Waals surface area contributed by atoms with Crippen molar-refractivity contribution in [3.8, 4) is 11.5 Å². The second-order valence-corrected chi connectivity index (χ2v) is 10.1. The van der Waals surface area contributed by atoms with Crippen molar-refractivity contribution in [3.63, 3.8) is 0 Å². The van der Waals surface area contributed by atoms with E-state index in [0.29, 0.717) is 17.1 Å². The maximum Gasteiger partial charge on any atom is 0.323 e. The van der Waals surface area contributed by atoms with Crippen molar-refractivity contribution in [1.82, 2.24) is 0 Å². The monoisotopic (exact) mass is 545 g/mol. The highest BCUT2D eigenvalue weighted by Crippen LogP contribution is 2.56. The number of benzene rings is 3. The van der Waals surface area contributed by atoms with Crippen molar-refractivity contribution in [2.45, 2.75) is 24.7 Å². The van der Waals surface area contributed by atoms with Gasteiger partial charge in [0.2, 0.25) is 0 Å². The van der Waals surface area contributed by atoms with Crippen LogP contribution in [-0.4, -0.2) is 60.3 Å². The number of Topliss-reactive ketones (excluding diaryl/α,β-unsaturated/α-hetero) is 1. The number of anilines is 1. The van der Waals surface area contributed by atoms with Gasteiger partial charge in [0, 0.05) is 43.6 Å². The molecular formula is C32H35NO7. The van der Waals surface area contributed by atoms with Crippen LogP contribution in [0.2, 0.25) is 0 Å². The lowest BCUT2D eigenvalue weighted by Gasteiger charge is -2.44. The zero-order valence-corrected chi connectivity index (χ0v) is 23.7. The number of carbonyl (C=O) groups excluding carboxylic acids is 3. The lowest BCUT2D eigenvalue weighted by Crippen LogP contribution is -2.50. The number of methoxy groups -OCH3 is 4. The fraction of sp³-hybridized carbons (Fsp3) is 0.344. The van der Waals surface area contributed by atoms with Gasteiger partial charge in [0.15, 0.2) is 22.7 Å². The van der Waals surface area contributed by atoms with Crippen LogP contribution in [0.3, 0.4) is 0 Å². The highest BCUT2D eigenvalue weighted by molar-refractivity contribution is 6.04. The molecule has 0 saturated heterocycles. The Morgan fingerprint density at radius 3 is 2.02 bits per heavy atom. The predicted molar refractivity (Wildman–Crippen MR) is 151 cm³/mol. The van der Waals surface area contributed by atoms with Crippen molar-refractivity contribution in [1.29, 1.82) is 0 Å². The highest BCUT2D eigenvalue weighted by atomic mass is 16.5. The van der Waals surface area contributed by atoms with Gasteiger partial charge in [-0.15, -0.1) is 0 Å². The maximum absolute atomic E-state index is 13.8. The molecule has 0 saturated carbocycles. The van der Waals surface area contributed by atoms with E-state index in [9.17, 15) is 14.4 Å². The summed E-state index contributed by atoms with van der Waals surface area (Å²) in [6.45, 7) is 0. The lowest BCUT2D eigenvalue weighted by molar-refractivity contribution is -0.172. The van der Waals surface area contributed by atoms with E-state index in [1.165, 1.54) is 14.2 Å². The van der Waals surface area contributed by atoms with Gasteiger partial charge in [-0.25, -0.2) is 0 Å². The molecule has 0 spiro atoms. The molecule has 0 heterocycles. The zero-order chi connectivity index (χ0) is 29.0. The first-order valence-corrected chi connectivity index (χ1v) is 13.0. The normalized spacial score (nSPS) is 17.2. The summed E-state index contributed by atoms with van der Waals surface area (Å²) in [6.07, 6.45) is -0.0420. The molecule has 8 heteroatoms. The molecule has 3 aromatic carbocycles. The molecule has 210 valence electrons. The third-order valence-corrected chi connectivity index (χ3v) is 7.85. The molecule has 0 unspecified atom stereocenters. The van der Waals surface area contributed by atoms with E-state index in [1.54, 1.807) is 44.6 Å². The Morgan fingerprint density at radius 2 is 1.45 bits per heavy atom. The Bertz CT molecular complexity index is 1380. The molecule has 3 aromatic rings. The van der Waals surface area contributed by atoms with Gasteiger partial charge in [-0.1, -0.05) is 42.5 Å². The average molecular weight is 546 g/mol.